The van der Waals surface area contributed by atoms with E-state index in [1.807, 2.05) is 72.8 Å². The van der Waals surface area contributed by atoms with Crippen LogP contribution < -0.4 is 5.43 Å². The molecule has 0 aliphatic carbocycles. The highest BCUT2D eigenvalue weighted by molar-refractivity contribution is 6.32. The monoisotopic (exact) mass is 365 g/mol. The maximum Gasteiger partial charge on any atom is 0.154 e. The maximum atomic E-state index is 6.22. The summed E-state index contributed by atoms with van der Waals surface area (Å²) < 4.78 is 0. The van der Waals surface area contributed by atoms with Crippen molar-refractivity contribution in [3.8, 4) is 0 Å². The quantitative estimate of drug-likeness (QED) is 0.645. The lowest BCUT2D eigenvalue weighted by Gasteiger charge is -2.08. The van der Waals surface area contributed by atoms with Crippen LogP contribution in [0.3, 0.4) is 0 Å². The summed E-state index contributed by atoms with van der Waals surface area (Å²) in [5, 5.41) is 5.91. The molecule has 1 heterocycles. The number of benzene rings is 3. The minimum absolute atomic E-state index is 0.638. The number of nitrogens with one attached hydrogen (secondary N) is 1. The van der Waals surface area contributed by atoms with Crippen molar-refractivity contribution in [3.63, 3.8) is 0 Å². The SMILES string of the molecule is Clc1ccc(C2=NNC(c3ccccc3)=Nc3ccc(Cl)cc32)cc1. The van der Waals surface area contributed by atoms with Crippen molar-refractivity contribution in [1.29, 1.82) is 0 Å². The van der Waals surface area contributed by atoms with E-state index in [1.165, 1.54) is 0 Å². The van der Waals surface area contributed by atoms with Crippen LogP contribution in [-0.2, 0) is 0 Å². The second-order valence-corrected chi connectivity index (χ2v) is 6.44. The smallest absolute Gasteiger partial charge is 0.154 e. The summed E-state index contributed by atoms with van der Waals surface area (Å²) >= 11 is 12.2. The number of hydrazone groups is 1. The number of halogens is 2. The second kappa shape index (κ2) is 6.71. The molecule has 0 saturated carbocycles. The number of nitrogens with zero attached hydrogens (tertiary/aromatic N) is 2. The number of aliphatic imine (C=N–C) groups is 1. The fourth-order valence-corrected chi connectivity index (χ4v) is 2.96. The van der Waals surface area contributed by atoms with E-state index >= 15 is 0 Å². The second-order valence-electron chi connectivity index (χ2n) is 5.57. The molecule has 3 aromatic rings. The van der Waals surface area contributed by atoms with Crippen LogP contribution in [0.1, 0.15) is 16.7 Å². The van der Waals surface area contributed by atoms with Crippen LogP contribution in [0.15, 0.2) is 82.9 Å². The molecule has 0 saturated heterocycles. The van der Waals surface area contributed by atoms with Crippen molar-refractivity contribution in [1.82, 2.24) is 5.43 Å². The van der Waals surface area contributed by atoms with Crippen LogP contribution in [0.4, 0.5) is 5.69 Å². The van der Waals surface area contributed by atoms with E-state index in [0.717, 1.165) is 28.1 Å². The molecule has 0 radical (unpaired) electrons. The Morgan fingerprint density at radius 3 is 2.20 bits per heavy atom. The van der Waals surface area contributed by atoms with E-state index in [4.69, 9.17) is 28.2 Å². The molecule has 1 N–H and O–H groups in total. The average Bonchev–Trinajstić information content (AvgIpc) is 2.83. The normalized spacial score (nSPS) is 13.2. The van der Waals surface area contributed by atoms with Crippen molar-refractivity contribution in [3.05, 3.63) is 99.5 Å². The summed E-state index contributed by atoms with van der Waals surface area (Å²) in [5.41, 5.74) is 7.43. The highest BCUT2D eigenvalue weighted by Gasteiger charge is 2.17. The Morgan fingerprint density at radius 1 is 0.720 bits per heavy atom. The molecule has 0 unspecified atom stereocenters. The standard InChI is InChI=1S/C20H13Cl2N3/c21-15-8-6-13(7-9-15)19-17-12-16(22)10-11-18(17)23-20(25-24-19)14-4-2-1-3-5-14/h1-12H,(H,23,25). The van der Waals surface area contributed by atoms with Crippen LogP contribution in [0, 0.1) is 0 Å². The first-order chi connectivity index (χ1) is 12.2. The van der Waals surface area contributed by atoms with Crippen LogP contribution >= 0.6 is 23.2 Å². The first-order valence-corrected chi connectivity index (χ1v) is 8.50. The molecule has 0 aromatic heterocycles. The van der Waals surface area contributed by atoms with Crippen LogP contribution in [0.2, 0.25) is 10.0 Å². The molecule has 0 atom stereocenters. The van der Waals surface area contributed by atoms with Gasteiger partial charge in [0.05, 0.1) is 5.69 Å². The molecule has 122 valence electrons. The highest BCUT2D eigenvalue weighted by Crippen LogP contribution is 2.28. The number of hydrogen-bond donors (Lipinski definition) is 1. The summed E-state index contributed by atoms with van der Waals surface area (Å²) in [6.45, 7) is 0. The van der Waals surface area contributed by atoms with Gasteiger partial charge in [0.25, 0.3) is 0 Å². The molecule has 0 fully saturated rings. The molecule has 25 heavy (non-hydrogen) atoms. The first kappa shape index (κ1) is 15.9. The largest absolute Gasteiger partial charge is 0.260 e. The molecule has 1 aliphatic heterocycles. The van der Waals surface area contributed by atoms with Crippen LogP contribution in [0.25, 0.3) is 0 Å². The molecular formula is C20H13Cl2N3. The molecule has 5 heteroatoms. The maximum absolute atomic E-state index is 6.22. The molecule has 1 aliphatic rings. The molecular weight excluding hydrogens is 353 g/mol. The fourth-order valence-electron chi connectivity index (χ4n) is 2.66. The summed E-state index contributed by atoms with van der Waals surface area (Å²) in [5.74, 6) is 0.688. The van der Waals surface area contributed by atoms with Gasteiger partial charge in [-0.05, 0) is 30.3 Å². The van der Waals surface area contributed by atoms with Gasteiger partial charge in [0, 0.05) is 26.7 Å². The van der Waals surface area contributed by atoms with E-state index in [-0.39, 0.29) is 0 Å². The van der Waals surface area contributed by atoms with Gasteiger partial charge in [0.1, 0.15) is 5.71 Å². The molecule has 0 bridgehead atoms. The minimum Gasteiger partial charge on any atom is -0.260 e. The Kier molecular flexibility index (Phi) is 4.26. The van der Waals surface area contributed by atoms with Gasteiger partial charge < -0.3 is 0 Å². The third-order valence-corrected chi connectivity index (χ3v) is 4.37. The van der Waals surface area contributed by atoms with Crippen molar-refractivity contribution < 1.29 is 0 Å². The van der Waals surface area contributed by atoms with E-state index < -0.39 is 0 Å². The molecule has 0 amide bonds. The van der Waals surface area contributed by atoms with Crippen LogP contribution in [-0.4, -0.2) is 11.5 Å². The topological polar surface area (TPSA) is 36.8 Å². The summed E-state index contributed by atoms with van der Waals surface area (Å²) in [6.07, 6.45) is 0. The number of fused-ring (bicyclic) bond motifs is 1. The average molecular weight is 366 g/mol. The molecule has 3 nitrogen and oxygen atoms in total. The zero-order chi connectivity index (χ0) is 17.2. The van der Waals surface area contributed by atoms with E-state index in [9.17, 15) is 0 Å². The number of hydrogen-bond acceptors (Lipinski definition) is 3. The number of rotatable bonds is 2. The van der Waals surface area contributed by atoms with Gasteiger partial charge in [-0.25, -0.2) is 4.99 Å². The lowest BCUT2D eigenvalue weighted by atomic mass is 10.0. The lowest BCUT2D eigenvalue weighted by molar-refractivity contribution is 1.03. The predicted octanol–water partition coefficient (Wildman–Crippen LogP) is 5.43. The highest BCUT2D eigenvalue weighted by atomic mass is 35.5. The van der Waals surface area contributed by atoms with Crippen molar-refractivity contribution in [2.45, 2.75) is 0 Å². The van der Waals surface area contributed by atoms with Gasteiger partial charge in [-0.3, -0.25) is 5.43 Å². The minimum atomic E-state index is 0.638. The molecule has 3 aromatic carbocycles. The summed E-state index contributed by atoms with van der Waals surface area (Å²) in [7, 11) is 0. The van der Waals surface area contributed by atoms with Gasteiger partial charge in [-0.15, -0.1) is 0 Å². The predicted molar refractivity (Wildman–Crippen MR) is 104 cm³/mol. The Labute approximate surface area is 155 Å². The number of amidine groups is 1. The molecule has 4 rings (SSSR count). The molecule has 0 spiro atoms. The fraction of sp³-hybridized carbons (Fsp3) is 0. The van der Waals surface area contributed by atoms with E-state index in [0.29, 0.717) is 15.9 Å². The third-order valence-electron chi connectivity index (χ3n) is 3.88. The van der Waals surface area contributed by atoms with Gasteiger partial charge in [0.15, 0.2) is 5.84 Å². The lowest BCUT2D eigenvalue weighted by Crippen LogP contribution is -2.19. The zero-order valence-electron chi connectivity index (χ0n) is 13.1. The van der Waals surface area contributed by atoms with Gasteiger partial charge in [0.2, 0.25) is 0 Å². The van der Waals surface area contributed by atoms with Crippen molar-refractivity contribution in [2.75, 3.05) is 0 Å². The Hall–Kier alpha value is -2.62. The zero-order valence-corrected chi connectivity index (χ0v) is 14.6. The van der Waals surface area contributed by atoms with Crippen molar-refractivity contribution in [2.24, 2.45) is 10.1 Å². The Balaban J connectivity index is 1.87. The van der Waals surface area contributed by atoms with E-state index in [2.05, 4.69) is 10.5 Å². The third kappa shape index (κ3) is 3.29. The Bertz CT molecular complexity index is 978. The van der Waals surface area contributed by atoms with Gasteiger partial charge >= 0.3 is 0 Å². The van der Waals surface area contributed by atoms with Gasteiger partial charge in [-0.1, -0.05) is 65.7 Å². The Morgan fingerprint density at radius 2 is 1.44 bits per heavy atom. The van der Waals surface area contributed by atoms with Crippen molar-refractivity contribution >= 4 is 40.4 Å². The van der Waals surface area contributed by atoms with Gasteiger partial charge in [-0.2, -0.15) is 5.10 Å². The summed E-state index contributed by atoms with van der Waals surface area (Å²) in [6, 6.07) is 23.0. The first-order valence-electron chi connectivity index (χ1n) is 7.74. The van der Waals surface area contributed by atoms with Crippen LogP contribution in [0.5, 0.6) is 0 Å². The summed E-state index contributed by atoms with van der Waals surface area (Å²) in [4.78, 5) is 4.75. The van der Waals surface area contributed by atoms with E-state index in [1.54, 1.807) is 0 Å².